The molecule has 0 aromatic heterocycles. The molecule has 1 N–H and O–H groups in total. The van der Waals surface area contributed by atoms with E-state index in [0.717, 1.165) is 38.1 Å². The molecule has 0 bridgehead atoms. The second-order valence-electron chi connectivity index (χ2n) is 7.42. The van der Waals surface area contributed by atoms with Crippen LogP contribution in [0, 0.1) is 5.92 Å². The summed E-state index contributed by atoms with van der Waals surface area (Å²) >= 11 is 0. The molecule has 1 heterocycles. The van der Waals surface area contributed by atoms with Crippen LogP contribution in [0.4, 0.5) is 0 Å². The fourth-order valence-corrected chi connectivity index (χ4v) is 4.48. The molecule has 7 nitrogen and oxygen atoms in total. The normalized spacial score (nSPS) is 20.5. The van der Waals surface area contributed by atoms with Crippen LogP contribution in [0.1, 0.15) is 36.0 Å². The highest BCUT2D eigenvalue weighted by Crippen LogP contribution is 2.33. The zero-order valence-corrected chi connectivity index (χ0v) is 17.0. The van der Waals surface area contributed by atoms with Crippen LogP contribution in [0.2, 0.25) is 0 Å². The Kier molecular flexibility index (Phi) is 5.95. The number of nitrogens with one attached hydrogen (secondary N) is 1. The standard InChI is InChI=1S/C19H28N2O5S/c1-25-16-10-17(26-2)18(27(3,23)24)9-15(16)19(22)20-11-14-5-4-8-21(14)12-13-6-7-13/h9-10,13-14H,4-8,11-12H2,1-3H3,(H,20,22). The monoisotopic (exact) mass is 396 g/mol. The Balaban J connectivity index is 1.75. The maximum Gasteiger partial charge on any atom is 0.255 e. The number of nitrogens with zero attached hydrogens (tertiary/aromatic N) is 1. The molecule has 1 aliphatic carbocycles. The average molecular weight is 397 g/mol. The van der Waals surface area contributed by atoms with E-state index >= 15 is 0 Å². The first kappa shape index (κ1) is 19.9. The van der Waals surface area contributed by atoms with Gasteiger partial charge in [0.1, 0.15) is 16.4 Å². The lowest BCUT2D eigenvalue weighted by Crippen LogP contribution is -2.41. The number of hydrogen-bond acceptors (Lipinski definition) is 6. The van der Waals surface area contributed by atoms with Gasteiger partial charge in [0.25, 0.3) is 5.91 Å². The van der Waals surface area contributed by atoms with Crippen molar-refractivity contribution in [1.29, 1.82) is 0 Å². The van der Waals surface area contributed by atoms with Gasteiger partial charge >= 0.3 is 0 Å². The molecule has 1 aromatic rings. The quantitative estimate of drug-likeness (QED) is 0.720. The second kappa shape index (κ2) is 8.06. The van der Waals surface area contributed by atoms with E-state index < -0.39 is 9.84 Å². The molecule has 1 saturated heterocycles. The number of ether oxygens (including phenoxy) is 2. The Morgan fingerprint density at radius 3 is 2.48 bits per heavy atom. The van der Waals surface area contributed by atoms with Crippen LogP contribution in [-0.2, 0) is 9.84 Å². The van der Waals surface area contributed by atoms with Gasteiger partial charge in [0.05, 0.1) is 19.8 Å². The predicted octanol–water partition coefficient (Wildman–Crippen LogP) is 1.71. The molecule has 8 heteroatoms. The molecular weight excluding hydrogens is 368 g/mol. The van der Waals surface area contributed by atoms with E-state index in [4.69, 9.17) is 9.47 Å². The minimum absolute atomic E-state index is 0.0211. The van der Waals surface area contributed by atoms with E-state index in [2.05, 4.69) is 10.2 Å². The van der Waals surface area contributed by atoms with E-state index in [9.17, 15) is 13.2 Å². The van der Waals surface area contributed by atoms with Gasteiger partial charge in [-0.25, -0.2) is 8.42 Å². The molecule has 0 spiro atoms. The van der Waals surface area contributed by atoms with Gasteiger partial charge in [0.15, 0.2) is 9.84 Å². The number of methoxy groups -OCH3 is 2. The van der Waals surface area contributed by atoms with Crippen LogP contribution in [-0.4, -0.2) is 65.4 Å². The molecule has 1 unspecified atom stereocenters. The van der Waals surface area contributed by atoms with Gasteiger partial charge in [-0.15, -0.1) is 0 Å². The van der Waals surface area contributed by atoms with Crippen molar-refractivity contribution in [2.45, 2.75) is 36.6 Å². The van der Waals surface area contributed by atoms with E-state index in [-0.39, 0.29) is 27.9 Å². The maximum absolute atomic E-state index is 12.8. The zero-order valence-electron chi connectivity index (χ0n) is 16.2. The highest BCUT2D eigenvalue weighted by atomic mass is 32.2. The minimum Gasteiger partial charge on any atom is -0.496 e. The third-order valence-corrected chi connectivity index (χ3v) is 6.43. The van der Waals surface area contributed by atoms with Crippen LogP contribution in [0.5, 0.6) is 11.5 Å². The first-order chi connectivity index (χ1) is 12.8. The van der Waals surface area contributed by atoms with Crippen molar-refractivity contribution < 1.29 is 22.7 Å². The molecule has 1 aromatic carbocycles. The first-order valence-corrected chi connectivity index (χ1v) is 11.2. The molecule has 1 amide bonds. The fraction of sp³-hybridized carbons (Fsp3) is 0.632. The van der Waals surface area contributed by atoms with Crippen LogP contribution in [0.3, 0.4) is 0 Å². The van der Waals surface area contributed by atoms with Crippen LogP contribution >= 0.6 is 0 Å². The highest BCUT2D eigenvalue weighted by Gasteiger charge is 2.31. The van der Waals surface area contributed by atoms with Gasteiger partial charge in [-0.05, 0) is 44.2 Å². The SMILES string of the molecule is COc1cc(OC)c(S(C)(=O)=O)cc1C(=O)NCC1CCCN1CC1CC1. The number of carbonyl (C=O) groups is 1. The molecule has 150 valence electrons. The number of likely N-dealkylation sites (tertiary alicyclic amines) is 1. The largest absolute Gasteiger partial charge is 0.496 e. The number of carbonyl (C=O) groups excluding carboxylic acids is 1. The van der Waals surface area contributed by atoms with Crippen molar-refractivity contribution in [3.05, 3.63) is 17.7 Å². The molecule has 2 aliphatic rings. The molecule has 1 aliphatic heterocycles. The van der Waals surface area contributed by atoms with Gasteiger partial charge in [0.2, 0.25) is 0 Å². The molecule has 0 radical (unpaired) electrons. The number of rotatable bonds is 8. The van der Waals surface area contributed by atoms with Crippen LogP contribution in [0.25, 0.3) is 0 Å². The lowest BCUT2D eigenvalue weighted by atomic mass is 10.1. The number of amides is 1. The first-order valence-electron chi connectivity index (χ1n) is 9.31. The van der Waals surface area contributed by atoms with Crippen molar-refractivity contribution >= 4 is 15.7 Å². The Morgan fingerprint density at radius 2 is 1.89 bits per heavy atom. The maximum atomic E-state index is 12.8. The number of benzene rings is 1. The summed E-state index contributed by atoms with van der Waals surface area (Å²) in [4.78, 5) is 15.2. The van der Waals surface area contributed by atoms with E-state index in [1.54, 1.807) is 0 Å². The van der Waals surface area contributed by atoms with Crippen molar-refractivity contribution in [2.75, 3.05) is 40.1 Å². The van der Waals surface area contributed by atoms with Gasteiger partial charge in [-0.2, -0.15) is 0 Å². The lowest BCUT2D eigenvalue weighted by molar-refractivity contribution is 0.0936. The number of sulfone groups is 1. The molecule has 3 rings (SSSR count). The van der Waals surface area contributed by atoms with E-state index in [1.807, 2.05) is 0 Å². The van der Waals surface area contributed by atoms with Crippen molar-refractivity contribution in [3.63, 3.8) is 0 Å². The minimum atomic E-state index is -3.54. The topological polar surface area (TPSA) is 84.9 Å². The van der Waals surface area contributed by atoms with Crippen molar-refractivity contribution in [3.8, 4) is 11.5 Å². The third-order valence-electron chi connectivity index (χ3n) is 5.32. The Morgan fingerprint density at radius 1 is 1.19 bits per heavy atom. The van der Waals surface area contributed by atoms with Crippen molar-refractivity contribution in [2.24, 2.45) is 5.92 Å². The number of hydrogen-bond donors (Lipinski definition) is 1. The molecular formula is C19H28N2O5S. The second-order valence-corrected chi connectivity index (χ2v) is 9.40. The molecule has 1 atom stereocenters. The zero-order chi connectivity index (χ0) is 19.6. The average Bonchev–Trinajstić information content (AvgIpc) is 3.34. The Bertz CT molecular complexity index is 805. The van der Waals surface area contributed by atoms with Gasteiger partial charge in [-0.3, -0.25) is 9.69 Å². The van der Waals surface area contributed by atoms with Crippen molar-refractivity contribution in [1.82, 2.24) is 10.2 Å². The summed E-state index contributed by atoms with van der Waals surface area (Å²) in [5.74, 6) is 0.938. The smallest absolute Gasteiger partial charge is 0.255 e. The van der Waals surface area contributed by atoms with Crippen LogP contribution in [0.15, 0.2) is 17.0 Å². The molecule has 27 heavy (non-hydrogen) atoms. The van der Waals surface area contributed by atoms with Gasteiger partial charge in [-0.1, -0.05) is 0 Å². The Hall–Kier alpha value is -1.80. The summed E-state index contributed by atoms with van der Waals surface area (Å²) in [5.41, 5.74) is 0.200. The van der Waals surface area contributed by atoms with E-state index in [1.165, 1.54) is 39.2 Å². The summed E-state index contributed by atoms with van der Waals surface area (Å²) in [6, 6.07) is 3.12. The predicted molar refractivity (Wildman–Crippen MR) is 102 cm³/mol. The van der Waals surface area contributed by atoms with Crippen LogP contribution < -0.4 is 14.8 Å². The van der Waals surface area contributed by atoms with Gasteiger partial charge in [0, 0.05) is 31.5 Å². The Labute approximate surface area is 160 Å². The summed E-state index contributed by atoms with van der Waals surface area (Å²) in [6.07, 6.45) is 5.94. The third kappa shape index (κ3) is 4.73. The molecule has 2 fully saturated rings. The summed E-state index contributed by atoms with van der Waals surface area (Å²) in [6.45, 7) is 2.75. The van der Waals surface area contributed by atoms with E-state index in [0.29, 0.717) is 12.6 Å². The molecule has 1 saturated carbocycles. The summed E-state index contributed by atoms with van der Waals surface area (Å²) in [7, 11) is -0.710. The summed E-state index contributed by atoms with van der Waals surface area (Å²) in [5, 5.41) is 2.96. The highest BCUT2D eigenvalue weighted by molar-refractivity contribution is 7.90. The fourth-order valence-electron chi connectivity index (χ4n) is 3.64. The summed E-state index contributed by atoms with van der Waals surface area (Å²) < 4.78 is 34.5. The van der Waals surface area contributed by atoms with Gasteiger partial charge < -0.3 is 14.8 Å². The lowest BCUT2D eigenvalue weighted by Gasteiger charge is -2.24.